The molecule has 0 bridgehead atoms. The summed E-state index contributed by atoms with van der Waals surface area (Å²) < 4.78 is 0. The zero-order valence-electron chi connectivity index (χ0n) is 12.1. The molecular weight excluding hydrogens is 234 g/mol. The summed E-state index contributed by atoms with van der Waals surface area (Å²) >= 11 is 0. The minimum absolute atomic E-state index is 0.271. The third kappa shape index (κ3) is 3.69. The Balaban J connectivity index is 2.03. The highest BCUT2D eigenvalue weighted by Gasteiger charge is 2.33. The number of benzene rings is 1. The van der Waals surface area contributed by atoms with E-state index >= 15 is 0 Å². The van der Waals surface area contributed by atoms with Crippen molar-refractivity contribution in [2.75, 3.05) is 6.54 Å². The fourth-order valence-corrected chi connectivity index (χ4v) is 2.17. The normalized spacial score (nSPS) is 15.7. The molecule has 2 rings (SSSR count). The maximum absolute atomic E-state index is 12.2. The maximum atomic E-state index is 12.2. The van der Waals surface area contributed by atoms with Gasteiger partial charge in [0.15, 0.2) is 0 Å². The summed E-state index contributed by atoms with van der Waals surface area (Å²) in [6.45, 7) is 7.00. The van der Waals surface area contributed by atoms with E-state index < -0.39 is 0 Å². The first-order chi connectivity index (χ1) is 9.09. The minimum atomic E-state index is 0.271. The number of rotatable bonds is 5. The van der Waals surface area contributed by atoms with E-state index in [1.54, 1.807) is 0 Å². The molecule has 0 spiro atoms. The summed E-state index contributed by atoms with van der Waals surface area (Å²) in [6, 6.07) is 10.6. The Morgan fingerprint density at radius 1 is 1.32 bits per heavy atom. The van der Waals surface area contributed by atoms with E-state index in [0.717, 1.165) is 12.8 Å². The largest absolute Gasteiger partial charge is 0.336 e. The molecule has 19 heavy (non-hydrogen) atoms. The average Bonchev–Trinajstić information content (AvgIpc) is 3.23. The summed E-state index contributed by atoms with van der Waals surface area (Å²) in [7, 11) is 0. The molecule has 0 radical (unpaired) electrons. The number of carbonyl (C=O) groups is 1. The zero-order valence-corrected chi connectivity index (χ0v) is 12.1. The molecule has 2 nitrogen and oxygen atoms in total. The van der Waals surface area contributed by atoms with Crippen LogP contribution in [0.1, 0.15) is 39.2 Å². The van der Waals surface area contributed by atoms with E-state index in [1.165, 1.54) is 11.1 Å². The molecule has 0 atom stereocenters. The first kappa shape index (κ1) is 13.9. The second-order valence-electron chi connectivity index (χ2n) is 5.61. The molecule has 1 aromatic rings. The lowest BCUT2D eigenvalue weighted by molar-refractivity contribution is -0.133. The van der Waals surface area contributed by atoms with Crippen LogP contribution in [0, 0.1) is 5.92 Å². The summed E-state index contributed by atoms with van der Waals surface area (Å²) in [5.74, 6) is 0.625. The van der Waals surface area contributed by atoms with Crippen molar-refractivity contribution in [3.8, 4) is 0 Å². The van der Waals surface area contributed by atoms with Crippen molar-refractivity contribution in [2.24, 2.45) is 5.92 Å². The lowest BCUT2D eigenvalue weighted by Gasteiger charge is -2.26. The van der Waals surface area contributed by atoms with Gasteiger partial charge in [-0.1, -0.05) is 36.4 Å². The minimum Gasteiger partial charge on any atom is -0.336 e. The van der Waals surface area contributed by atoms with Gasteiger partial charge in [-0.2, -0.15) is 0 Å². The second-order valence-corrected chi connectivity index (χ2v) is 5.61. The molecule has 2 heteroatoms. The third-order valence-electron chi connectivity index (χ3n) is 3.66. The van der Waals surface area contributed by atoms with Gasteiger partial charge in [0.25, 0.3) is 0 Å². The van der Waals surface area contributed by atoms with Crippen LogP contribution in [0.15, 0.2) is 36.4 Å². The van der Waals surface area contributed by atoms with Gasteiger partial charge in [-0.3, -0.25) is 4.79 Å². The number of hydrogen-bond acceptors (Lipinski definition) is 1. The van der Waals surface area contributed by atoms with Crippen LogP contribution >= 0.6 is 0 Å². The van der Waals surface area contributed by atoms with E-state index in [9.17, 15) is 4.79 Å². The molecule has 1 aliphatic rings. The molecular formula is C17H23NO. The Morgan fingerprint density at radius 2 is 1.95 bits per heavy atom. The van der Waals surface area contributed by atoms with Crippen molar-refractivity contribution in [1.82, 2.24) is 4.90 Å². The van der Waals surface area contributed by atoms with E-state index in [4.69, 9.17) is 0 Å². The van der Waals surface area contributed by atoms with E-state index in [-0.39, 0.29) is 6.04 Å². The van der Waals surface area contributed by atoms with Crippen molar-refractivity contribution in [2.45, 2.75) is 39.7 Å². The molecule has 0 unspecified atom stereocenters. The van der Waals surface area contributed by atoms with Gasteiger partial charge in [0.1, 0.15) is 0 Å². The molecule has 1 aliphatic carbocycles. The first-order valence-electron chi connectivity index (χ1n) is 7.12. The topological polar surface area (TPSA) is 20.3 Å². The lowest BCUT2D eigenvalue weighted by Crippen LogP contribution is -2.38. The average molecular weight is 257 g/mol. The monoisotopic (exact) mass is 257 g/mol. The van der Waals surface area contributed by atoms with Crippen molar-refractivity contribution >= 4 is 11.5 Å². The summed E-state index contributed by atoms with van der Waals surface area (Å²) in [5.41, 5.74) is 2.46. The van der Waals surface area contributed by atoms with Crippen LogP contribution in [0.25, 0.3) is 5.57 Å². The van der Waals surface area contributed by atoms with E-state index in [1.807, 2.05) is 23.1 Å². The Labute approximate surface area is 116 Å². The number of hydrogen-bond donors (Lipinski definition) is 0. The number of carbonyl (C=O) groups excluding carboxylic acids is 1. The molecule has 0 saturated heterocycles. The van der Waals surface area contributed by atoms with Crippen molar-refractivity contribution in [3.63, 3.8) is 0 Å². The lowest BCUT2D eigenvalue weighted by atomic mass is 10.1. The van der Waals surface area contributed by atoms with Crippen LogP contribution in [-0.4, -0.2) is 23.4 Å². The molecule has 1 fully saturated rings. The maximum Gasteiger partial charge on any atom is 0.226 e. The van der Waals surface area contributed by atoms with Gasteiger partial charge in [-0.05, 0) is 44.7 Å². The molecule has 102 valence electrons. The Hall–Kier alpha value is -1.57. The van der Waals surface area contributed by atoms with Crippen LogP contribution in [-0.2, 0) is 4.79 Å². The van der Waals surface area contributed by atoms with Crippen LogP contribution in [0.3, 0.4) is 0 Å². The SMILES string of the molecule is C/C(=C/CN(C(=O)C1CC1)C(C)C)c1ccccc1. The molecule has 0 aliphatic heterocycles. The molecule has 0 aromatic heterocycles. The summed E-state index contributed by atoms with van der Waals surface area (Å²) in [4.78, 5) is 14.2. The van der Waals surface area contributed by atoms with Gasteiger partial charge in [-0.25, -0.2) is 0 Å². The first-order valence-corrected chi connectivity index (χ1v) is 7.12. The van der Waals surface area contributed by atoms with Crippen LogP contribution in [0.4, 0.5) is 0 Å². The van der Waals surface area contributed by atoms with Gasteiger partial charge < -0.3 is 4.90 Å². The number of nitrogens with zero attached hydrogens (tertiary/aromatic N) is 1. The molecule has 1 amide bonds. The van der Waals surface area contributed by atoms with Crippen molar-refractivity contribution < 1.29 is 4.79 Å². The van der Waals surface area contributed by atoms with Crippen molar-refractivity contribution in [1.29, 1.82) is 0 Å². The fourth-order valence-electron chi connectivity index (χ4n) is 2.17. The van der Waals surface area contributed by atoms with Gasteiger partial charge in [0, 0.05) is 18.5 Å². The van der Waals surface area contributed by atoms with Crippen LogP contribution < -0.4 is 0 Å². The molecule has 0 N–H and O–H groups in total. The van der Waals surface area contributed by atoms with E-state index in [2.05, 4.69) is 39.0 Å². The highest BCUT2D eigenvalue weighted by molar-refractivity contribution is 5.81. The Kier molecular flexibility index (Phi) is 4.41. The Bertz CT molecular complexity index is 457. The van der Waals surface area contributed by atoms with Crippen LogP contribution in [0.5, 0.6) is 0 Å². The number of amides is 1. The standard InChI is InChI=1S/C17H23NO/c1-13(2)18(17(19)16-9-10-16)12-11-14(3)15-7-5-4-6-8-15/h4-8,11,13,16H,9-10,12H2,1-3H3/b14-11-. The predicted octanol–water partition coefficient (Wildman–Crippen LogP) is 3.74. The number of allylic oxidation sites excluding steroid dienone is 1. The summed E-state index contributed by atoms with van der Waals surface area (Å²) in [5, 5.41) is 0. The van der Waals surface area contributed by atoms with Crippen LogP contribution in [0.2, 0.25) is 0 Å². The Morgan fingerprint density at radius 3 is 2.47 bits per heavy atom. The zero-order chi connectivity index (χ0) is 13.8. The third-order valence-corrected chi connectivity index (χ3v) is 3.66. The van der Waals surface area contributed by atoms with Gasteiger partial charge in [0.05, 0.1) is 0 Å². The highest BCUT2D eigenvalue weighted by atomic mass is 16.2. The predicted molar refractivity (Wildman–Crippen MR) is 79.7 cm³/mol. The molecule has 0 heterocycles. The summed E-state index contributed by atoms with van der Waals surface area (Å²) in [6.07, 6.45) is 4.31. The molecule has 1 aromatic carbocycles. The fraction of sp³-hybridized carbons (Fsp3) is 0.471. The van der Waals surface area contributed by atoms with Crippen molar-refractivity contribution in [3.05, 3.63) is 42.0 Å². The van der Waals surface area contributed by atoms with E-state index in [0.29, 0.717) is 18.4 Å². The van der Waals surface area contributed by atoms with Gasteiger partial charge in [0.2, 0.25) is 5.91 Å². The van der Waals surface area contributed by atoms with Gasteiger partial charge >= 0.3 is 0 Å². The quantitative estimate of drug-likeness (QED) is 0.787. The molecule has 1 saturated carbocycles. The smallest absolute Gasteiger partial charge is 0.226 e. The van der Waals surface area contributed by atoms with Gasteiger partial charge in [-0.15, -0.1) is 0 Å². The highest BCUT2D eigenvalue weighted by Crippen LogP contribution is 2.31. The second kappa shape index (κ2) is 6.05.